The first-order chi connectivity index (χ1) is 14.4. The molecule has 12 heteroatoms. The maximum Gasteiger partial charge on any atom is 0.276 e. The molecule has 30 heavy (non-hydrogen) atoms. The largest absolute Gasteiger partial charge is 0.396 e. The second kappa shape index (κ2) is 9.85. The molecular weight excluding hydrogens is 418 g/mol. The van der Waals surface area contributed by atoms with E-state index in [2.05, 4.69) is 28.3 Å². The number of hydrogen-bond donors (Lipinski definition) is 3. The van der Waals surface area contributed by atoms with Crippen LogP contribution in [0.4, 0.5) is 19.3 Å². The molecule has 9 nitrogen and oxygen atoms in total. The van der Waals surface area contributed by atoms with Gasteiger partial charge in [-0.15, -0.1) is 5.10 Å². The molecule has 0 saturated carbocycles. The molecule has 1 aromatic carbocycles. The van der Waals surface area contributed by atoms with Gasteiger partial charge in [-0.2, -0.15) is 0 Å². The van der Waals surface area contributed by atoms with Crippen LogP contribution >= 0.6 is 12.6 Å². The van der Waals surface area contributed by atoms with Gasteiger partial charge in [0.15, 0.2) is 11.6 Å². The maximum atomic E-state index is 14.7. The number of anilines is 1. The van der Waals surface area contributed by atoms with Crippen LogP contribution in [-0.2, 0) is 11.3 Å². The van der Waals surface area contributed by atoms with Gasteiger partial charge in [-0.05, 0) is 6.42 Å². The van der Waals surface area contributed by atoms with E-state index in [0.717, 1.165) is 12.1 Å². The number of aliphatic hydroxyl groups excluding tert-OH is 1. The van der Waals surface area contributed by atoms with Crippen molar-refractivity contribution in [1.82, 2.24) is 25.2 Å². The molecule has 0 bridgehead atoms. The number of nitrogens with one attached hydrogen (secondary N) is 1. The van der Waals surface area contributed by atoms with E-state index in [0.29, 0.717) is 38.3 Å². The SMILES string of the molecule is O=C(S)NCc1cn(-c2cc(F)c(N3CCN(C(=O)CCCO)CC3)c(F)c2)nn1. The lowest BCUT2D eigenvalue weighted by Gasteiger charge is -2.36. The summed E-state index contributed by atoms with van der Waals surface area (Å²) in [4.78, 5) is 26.1. The predicted molar refractivity (Wildman–Crippen MR) is 108 cm³/mol. The smallest absolute Gasteiger partial charge is 0.276 e. The Bertz CT molecular complexity index is 894. The van der Waals surface area contributed by atoms with Gasteiger partial charge in [0.05, 0.1) is 18.4 Å². The zero-order valence-corrected chi connectivity index (χ0v) is 17.0. The van der Waals surface area contributed by atoms with Gasteiger partial charge < -0.3 is 20.2 Å². The third kappa shape index (κ3) is 5.25. The van der Waals surface area contributed by atoms with Crippen LogP contribution in [-0.4, -0.2) is 68.9 Å². The van der Waals surface area contributed by atoms with Crippen LogP contribution in [0.2, 0.25) is 0 Å². The summed E-state index contributed by atoms with van der Waals surface area (Å²) in [5, 5.41) is 18.4. The summed E-state index contributed by atoms with van der Waals surface area (Å²) in [6.45, 7) is 1.35. The summed E-state index contributed by atoms with van der Waals surface area (Å²) < 4.78 is 30.7. The summed E-state index contributed by atoms with van der Waals surface area (Å²) in [6.07, 6.45) is 2.11. The Kier molecular flexibility index (Phi) is 7.21. The van der Waals surface area contributed by atoms with Crippen LogP contribution in [0.5, 0.6) is 0 Å². The molecule has 3 rings (SSSR count). The average molecular weight is 440 g/mol. The number of thiol groups is 1. The van der Waals surface area contributed by atoms with Crippen molar-refractivity contribution in [2.75, 3.05) is 37.7 Å². The van der Waals surface area contributed by atoms with Gasteiger partial charge in [0, 0.05) is 51.3 Å². The molecule has 2 N–H and O–H groups in total. The number of aromatic nitrogens is 3. The van der Waals surface area contributed by atoms with Crippen LogP contribution < -0.4 is 10.2 Å². The highest BCUT2D eigenvalue weighted by Gasteiger charge is 2.25. The van der Waals surface area contributed by atoms with Crippen LogP contribution in [0.25, 0.3) is 5.69 Å². The quantitative estimate of drug-likeness (QED) is 0.558. The van der Waals surface area contributed by atoms with Gasteiger partial charge in [0.2, 0.25) is 5.91 Å². The minimum atomic E-state index is -0.745. The van der Waals surface area contributed by atoms with Gasteiger partial charge in [-0.25, -0.2) is 13.5 Å². The highest BCUT2D eigenvalue weighted by Crippen LogP contribution is 2.27. The van der Waals surface area contributed by atoms with E-state index in [1.807, 2.05) is 0 Å². The van der Waals surface area contributed by atoms with Crippen molar-refractivity contribution in [1.29, 1.82) is 0 Å². The maximum absolute atomic E-state index is 14.7. The average Bonchev–Trinajstić information content (AvgIpc) is 3.19. The number of halogens is 2. The number of carbonyl (C=O) groups excluding carboxylic acids is 2. The molecule has 1 aliphatic rings. The molecule has 2 amide bonds. The first kappa shape index (κ1) is 22.0. The van der Waals surface area contributed by atoms with Crippen LogP contribution in [0.3, 0.4) is 0 Å². The van der Waals surface area contributed by atoms with E-state index in [-0.39, 0.29) is 36.9 Å². The second-order valence-electron chi connectivity index (χ2n) is 6.77. The van der Waals surface area contributed by atoms with E-state index >= 15 is 0 Å². The molecular formula is C18H22F2N6O3S. The number of nitrogens with zero attached hydrogens (tertiary/aromatic N) is 5. The Hall–Kier alpha value is -2.73. The van der Waals surface area contributed by atoms with Crippen LogP contribution in [0.1, 0.15) is 18.5 Å². The number of benzene rings is 1. The highest BCUT2D eigenvalue weighted by molar-refractivity contribution is 7.96. The molecule has 1 aliphatic heterocycles. The predicted octanol–water partition coefficient (Wildman–Crippen LogP) is 1.11. The first-order valence-corrected chi connectivity index (χ1v) is 9.84. The van der Waals surface area contributed by atoms with Gasteiger partial charge in [0.1, 0.15) is 11.4 Å². The van der Waals surface area contributed by atoms with Gasteiger partial charge >= 0.3 is 0 Å². The highest BCUT2D eigenvalue weighted by atomic mass is 32.1. The van der Waals surface area contributed by atoms with Gasteiger partial charge in [0.25, 0.3) is 5.24 Å². The van der Waals surface area contributed by atoms with E-state index in [4.69, 9.17) is 5.11 Å². The Labute approximate surface area is 177 Å². The zero-order valence-electron chi connectivity index (χ0n) is 16.1. The Morgan fingerprint density at radius 3 is 2.43 bits per heavy atom. The molecule has 2 heterocycles. The van der Waals surface area contributed by atoms with Crippen molar-refractivity contribution >= 4 is 29.5 Å². The molecule has 0 aliphatic carbocycles. The zero-order chi connectivity index (χ0) is 21.7. The van der Waals surface area contributed by atoms with Crippen molar-refractivity contribution in [3.8, 4) is 5.69 Å². The second-order valence-corrected chi connectivity index (χ2v) is 7.17. The fourth-order valence-corrected chi connectivity index (χ4v) is 3.31. The minimum Gasteiger partial charge on any atom is -0.396 e. The third-order valence-corrected chi connectivity index (χ3v) is 4.88. The van der Waals surface area contributed by atoms with E-state index in [1.54, 1.807) is 9.80 Å². The fraction of sp³-hybridized carbons (Fsp3) is 0.444. The normalized spacial score (nSPS) is 14.1. The number of piperazine rings is 1. The molecule has 0 atom stereocenters. The van der Waals surface area contributed by atoms with Crippen LogP contribution in [0.15, 0.2) is 18.3 Å². The summed E-state index contributed by atoms with van der Waals surface area (Å²) >= 11 is 3.58. The number of rotatable bonds is 7. The van der Waals surface area contributed by atoms with E-state index < -0.39 is 16.9 Å². The minimum absolute atomic E-state index is 0.0500. The van der Waals surface area contributed by atoms with Crippen molar-refractivity contribution < 1.29 is 23.5 Å². The van der Waals surface area contributed by atoms with Gasteiger partial charge in [-0.3, -0.25) is 9.59 Å². The number of hydrogen-bond acceptors (Lipinski definition) is 6. The molecule has 1 aromatic heterocycles. The standard InChI is InChI=1S/C18H22F2N6O3S/c19-14-8-13(26-11-12(22-23-26)10-21-18(29)30)9-15(20)17(14)25-5-3-24(4-6-25)16(28)2-1-7-27/h8-9,11,27H,1-7,10H2,(H2,21,29,30). The van der Waals surface area contributed by atoms with Crippen molar-refractivity contribution in [3.05, 3.63) is 35.7 Å². The monoisotopic (exact) mass is 440 g/mol. The summed E-state index contributed by atoms with van der Waals surface area (Å²) in [7, 11) is 0. The molecule has 1 fully saturated rings. The third-order valence-electron chi connectivity index (χ3n) is 4.73. The summed E-state index contributed by atoms with van der Waals surface area (Å²) in [5.74, 6) is -1.56. The lowest BCUT2D eigenvalue weighted by Crippen LogP contribution is -2.49. The summed E-state index contributed by atoms with van der Waals surface area (Å²) in [6, 6.07) is 2.32. The Morgan fingerprint density at radius 2 is 1.83 bits per heavy atom. The lowest BCUT2D eigenvalue weighted by atomic mass is 10.2. The van der Waals surface area contributed by atoms with E-state index in [1.165, 1.54) is 10.9 Å². The lowest BCUT2D eigenvalue weighted by molar-refractivity contribution is -0.131. The molecule has 0 radical (unpaired) electrons. The van der Waals surface area contributed by atoms with Gasteiger partial charge in [-0.1, -0.05) is 17.8 Å². The molecule has 0 spiro atoms. The van der Waals surface area contributed by atoms with Crippen molar-refractivity contribution in [3.63, 3.8) is 0 Å². The topological polar surface area (TPSA) is 104 Å². The molecule has 162 valence electrons. The van der Waals surface area contributed by atoms with Crippen LogP contribution in [0, 0.1) is 11.6 Å². The molecule has 2 aromatic rings. The fourth-order valence-electron chi connectivity index (χ4n) is 3.23. The number of aliphatic hydroxyl groups is 1. The molecule has 0 unspecified atom stereocenters. The number of amides is 2. The van der Waals surface area contributed by atoms with Crippen molar-refractivity contribution in [2.24, 2.45) is 0 Å². The Balaban J connectivity index is 1.68. The van der Waals surface area contributed by atoms with E-state index in [9.17, 15) is 18.4 Å². The number of carbonyl (C=O) groups is 2. The Morgan fingerprint density at radius 1 is 1.17 bits per heavy atom. The first-order valence-electron chi connectivity index (χ1n) is 9.40. The summed E-state index contributed by atoms with van der Waals surface area (Å²) in [5.41, 5.74) is 0.413. The molecule has 1 saturated heterocycles. The van der Waals surface area contributed by atoms with Crippen molar-refractivity contribution in [2.45, 2.75) is 19.4 Å².